The van der Waals surface area contributed by atoms with Crippen LogP contribution in [-0.2, 0) is 11.2 Å². The summed E-state index contributed by atoms with van der Waals surface area (Å²) < 4.78 is 0. The molecule has 1 aliphatic rings. The van der Waals surface area contributed by atoms with Crippen LogP contribution in [0.4, 0.5) is 11.8 Å². The number of nitrogens with zero attached hydrogens (tertiary/aromatic N) is 4. The zero-order chi connectivity index (χ0) is 15.0. The molecule has 112 valence electrons. The van der Waals surface area contributed by atoms with Crippen molar-refractivity contribution >= 4 is 39.7 Å². The summed E-state index contributed by atoms with van der Waals surface area (Å²) in [5, 5.41) is 1.01. The first kappa shape index (κ1) is 14.1. The molecule has 7 heteroatoms. The molecule has 3 heterocycles. The number of nitrogen functional groups attached to an aromatic ring is 1. The number of anilines is 2. The number of hydrogen-bond donors (Lipinski definition) is 1. The Morgan fingerprint density at radius 1 is 1.29 bits per heavy atom. The van der Waals surface area contributed by atoms with Crippen molar-refractivity contribution in [3.63, 3.8) is 0 Å². The maximum absolute atomic E-state index is 10.8. The molecule has 3 rings (SSSR count). The van der Waals surface area contributed by atoms with E-state index in [9.17, 15) is 4.79 Å². The predicted octanol–water partition coefficient (Wildman–Crippen LogP) is 1.42. The van der Waals surface area contributed by atoms with Gasteiger partial charge in [-0.15, -0.1) is 11.3 Å². The van der Waals surface area contributed by atoms with Crippen LogP contribution in [0.15, 0.2) is 0 Å². The number of thiophene rings is 1. The molecule has 0 bridgehead atoms. The van der Waals surface area contributed by atoms with Crippen molar-refractivity contribution in [2.24, 2.45) is 0 Å². The van der Waals surface area contributed by atoms with Crippen LogP contribution in [-0.4, -0.2) is 47.5 Å². The van der Waals surface area contributed by atoms with Crippen LogP contribution in [0.25, 0.3) is 10.2 Å². The number of nitrogens with two attached hydrogens (primary N) is 1. The number of carbonyl (C=O) groups excluding carboxylic acids is 1. The number of aromatic nitrogens is 2. The fraction of sp³-hybridized carbons (Fsp3) is 0.500. The van der Waals surface area contributed by atoms with Gasteiger partial charge >= 0.3 is 0 Å². The predicted molar refractivity (Wildman–Crippen MR) is 85.8 cm³/mol. The lowest BCUT2D eigenvalue weighted by Gasteiger charge is -2.32. The van der Waals surface area contributed by atoms with Crippen molar-refractivity contribution in [1.82, 2.24) is 14.9 Å². The van der Waals surface area contributed by atoms with Crippen LogP contribution in [0, 0.1) is 6.92 Å². The molecule has 2 aromatic heterocycles. The molecular formula is C14H19N5OS. The first-order valence-corrected chi connectivity index (χ1v) is 7.95. The van der Waals surface area contributed by atoms with Crippen molar-refractivity contribution < 1.29 is 4.79 Å². The summed E-state index contributed by atoms with van der Waals surface area (Å²) in [6.07, 6.45) is 1.84. The minimum absolute atomic E-state index is 0.564. The Morgan fingerprint density at radius 3 is 2.62 bits per heavy atom. The van der Waals surface area contributed by atoms with Gasteiger partial charge in [0.2, 0.25) is 12.4 Å². The molecule has 0 aliphatic carbocycles. The lowest BCUT2D eigenvalue weighted by molar-refractivity contribution is -0.118. The first-order chi connectivity index (χ1) is 10.1. The van der Waals surface area contributed by atoms with Gasteiger partial charge in [-0.2, -0.15) is 4.98 Å². The van der Waals surface area contributed by atoms with Crippen molar-refractivity contribution in [3.8, 4) is 0 Å². The van der Waals surface area contributed by atoms with Crippen LogP contribution in [0.2, 0.25) is 0 Å². The summed E-state index contributed by atoms with van der Waals surface area (Å²) in [5.74, 6) is 1.24. The summed E-state index contributed by atoms with van der Waals surface area (Å²) in [6.45, 7) is 7.12. The van der Waals surface area contributed by atoms with E-state index >= 15 is 0 Å². The van der Waals surface area contributed by atoms with E-state index < -0.39 is 0 Å². The van der Waals surface area contributed by atoms with Gasteiger partial charge in [0.05, 0.1) is 5.39 Å². The minimum atomic E-state index is 0.564. The van der Waals surface area contributed by atoms with Crippen molar-refractivity contribution in [3.05, 3.63) is 10.4 Å². The number of amides is 1. The molecule has 6 nitrogen and oxygen atoms in total. The normalized spacial score (nSPS) is 15.7. The maximum Gasteiger partial charge on any atom is 0.228 e. The maximum atomic E-state index is 10.8. The average Bonchev–Trinajstić information content (AvgIpc) is 2.83. The van der Waals surface area contributed by atoms with E-state index in [1.165, 1.54) is 10.4 Å². The van der Waals surface area contributed by atoms with Crippen molar-refractivity contribution in [2.75, 3.05) is 36.8 Å². The fourth-order valence-electron chi connectivity index (χ4n) is 2.78. The highest BCUT2D eigenvalue weighted by atomic mass is 32.1. The highest BCUT2D eigenvalue weighted by Crippen LogP contribution is 2.34. The SMILES string of the molecule is CCc1c(C)sc2nc(N3CCN(C=O)CC3)nc(N)c12. The molecular weight excluding hydrogens is 286 g/mol. The standard InChI is InChI=1S/C14H19N5OS/c1-3-10-9(2)21-13-11(10)12(15)16-14(17-13)19-6-4-18(8-20)5-7-19/h8H,3-7H2,1-2H3,(H2,15,16,17). The smallest absolute Gasteiger partial charge is 0.228 e. The summed E-state index contributed by atoms with van der Waals surface area (Å²) in [7, 11) is 0. The Kier molecular flexibility index (Phi) is 3.67. The molecule has 1 saturated heterocycles. The molecule has 0 radical (unpaired) electrons. The number of rotatable bonds is 3. The first-order valence-electron chi connectivity index (χ1n) is 7.13. The Morgan fingerprint density at radius 2 is 2.00 bits per heavy atom. The van der Waals surface area contributed by atoms with Crippen LogP contribution < -0.4 is 10.6 Å². The molecule has 0 atom stereocenters. The zero-order valence-corrected chi connectivity index (χ0v) is 13.1. The number of carbonyl (C=O) groups is 1. The van der Waals surface area contributed by atoms with Gasteiger partial charge in [0.25, 0.3) is 0 Å². The van der Waals surface area contributed by atoms with Gasteiger partial charge in [-0.05, 0) is 18.9 Å². The van der Waals surface area contributed by atoms with Crippen molar-refractivity contribution in [1.29, 1.82) is 0 Å². The van der Waals surface area contributed by atoms with Crippen LogP contribution in [0.3, 0.4) is 0 Å². The van der Waals surface area contributed by atoms with E-state index in [-0.39, 0.29) is 0 Å². The van der Waals surface area contributed by atoms with Gasteiger partial charge < -0.3 is 15.5 Å². The largest absolute Gasteiger partial charge is 0.383 e. The summed E-state index contributed by atoms with van der Waals surface area (Å²) in [4.78, 5) is 26.0. The van der Waals surface area contributed by atoms with E-state index in [2.05, 4.69) is 28.7 Å². The molecule has 0 saturated carbocycles. The minimum Gasteiger partial charge on any atom is -0.383 e. The topological polar surface area (TPSA) is 75.4 Å². The molecule has 0 aromatic carbocycles. The molecule has 2 aromatic rings. The van der Waals surface area contributed by atoms with Crippen LogP contribution >= 0.6 is 11.3 Å². The van der Waals surface area contributed by atoms with E-state index in [0.29, 0.717) is 24.9 Å². The van der Waals surface area contributed by atoms with Crippen LogP contribution in [0.5, 0.6) is 0 Å². The van der Waals surface area contributed by atoms with Crippen molar-refractivity contribution in [2.45, 2.75) is 20.3 Å². The molecule has 0 spiro atoms. The number of aryl methyl sites for hydroxylation is 2. The van der Waals surface area contributed by atoms with Crippen LogP contribution in [0.1, 0.15) is 17.4 Å². The number of piperazine rings is 1. The highest BCUT2D eigenvalue weighted by Gasteiger charge is 2.21. The summed E-state index contributed by atoms with van der Waals surface area (Å²) in [5.41, 5.74) is 7.42. The number of hydrogen-bond acceptors (Lipinski definition) is 6. The summed E-state index contributed by atoms with van der Waals surface area (Å²) >= 11 is 1.68. The second-order valence-corrected chi connectivity index (χ2v) is 6.41. The lowest BCUT2D eigenvalue weighted by Crippen LogP contribution is -2.46. The molecule has 21 heavy (non-hydrogen) atoms. The Balaban J connectivity index is 1.96. The fourth-order valence-corrected chi connectivity index (χ4v) is 3.90. The lowest BCUT2D eigenvalue weighted by atomic mass is 10.1. The Labute approximate surface area is 127 Å². The monoisotopic (exact) mass is 305 g/mol. The third-order valence-corrected chi connectivity index (χ3v) is 5.01. The molecule has 0 unspecified atom stereocenters. The third-order valence-electron chi connectivity index (χ3n) is 3.97. The third kappa shape index (κ3) is 2.42. The average molecular weight is 305 g/mol. The molecule has 2 N–H and O–H groups in total. The molecule has 1 aliphatic heterocycles. The number of fused-ring (bicyclic) bond motifs is 1. The highest BCUT2D eigenvalue weighted by molar-refractivity contribution is 7.18. The quantitative estimate of drug-likeness (QED) is 0.868. The van der Waals surface area contributed by atoms with Gasteiger partial charge in [-0.25, -0.2) is 4.98 Å². The van der Waals surface area contributed by atoms with E-state index in [4.69, 9.17) is 5.73 Å². The van der Waals surface area contributed by atoms with Gasteiger partial charge in [-0.3, -0.25) is 4.79 Å². The van der Waals surface area contributed by atoms with Gasteiger partial charge in [-0.1, -0.05) is 6.92 Å². The second-order valence-electron chi connectivity index (χ2n) is 5.21. The van der Waals surface area contributed by atoms with Gasteiger partial charge in [0, 0.05) is 31.1 Å². The second kappa shape index (κ2) is 5.48. The van der Waals surface area contributed by atoms with Gasteiger partial charge in [0.15, 0.2) is 0 Å². The van der Waals surface area contributed by atoms with Gasteiger partial charge in [0.1, 0.15) is 10.6 Å². The zero-order valence-electron chi connectivity index (χ0n) is 12.3. The summed E-state index contributed by atoms with van der Waals surface area (Å²) in [6, 6.07) is 0. The van der Waals surface area contributed by atoms with E-state index in [1.54, 1.807) is 16.2 Å². The van der Waals surface area contributed by atoms with E-state index in [0.717, 1.165) is 36.1 Å². The molecule has 1 amide bonds. The Hall–Kier alpha value is -1.89. The Bertz CT molecular complexity index is 676. The molecule has 1 fully saturated rings. The van der Waals surface area contributed by atoms with E-state index in [1.807, 2.05) is 0 Å².